The Balaban J connectivity index is 1.70. The van der Waals surface area contributed by atoms with Gasteiger partial charge in [0.1, 0.15) is 0 Å². The van der Waals surface area contributed by atoms with Crippen LogP contribution in [0.5, 0.6) is 0 Å². The van der Waals surface area contributed by atoms with Crippen LogP contribution in [0.1, 0.15) is 0 Å². The second-order valence-corrected chi connectivity index (χ2v) is 6.12. The van der Waals surface area contributed by atoms with Gasteiger partial charge in [-0.3, -0.25) is 4.90 Å². The summed E-state index contributed by atoms with van der Waals surface area (Å²) in [5, 5.41) is 0. The molecule has 2 saturated heterocycles. The second kappa shape index (κ2) is 6.78. The van der Waals surface area contributed by atoms with Gasteiger partial charge in [-0.25, -0.2) is 4.72 Å². The molecule has 0 amide bonds. The predicted molar refractivity (Wildman–Crippen MR) is 66.6 cm³/mol. The summed E-state index contributed by atoms with van der Waals surface area (Å²) < 4.78 is 38.3. The van der Waals surface area contributed by atoms with E-state index < -0.39 is 10.2 Å². The van der Waals surface area contributed by atoms with Gasteiger partial charge < -0.3 is 9.47 Å². The molecule has 0 saturated carbocycles. The fraction of sp³-hybridized carbons (Fsp3) is 1.00. The normalized spacial score (nSPS) is 24.2. The molecule has 2 heterocycles. The fourth-order valence-electron chi connectivity index (χ4n) is 2.04. The Hall–Kier alpha value is -0.250. The first-order valence-electron chi connectivity index (χ1n) is 6.31. The van der Waals surface area contributed by atoms with Crippen LogP contribution in [0.15, 0.2) is 0 Å². The Bertz CT molecular complexity index is 337. The lowest BCUT2D eigenvalue weighted by atomic mass is 10.4. The van der Waals surface area contributed by atoms with Gasteiger partial charge in [0.15, 0.2) is 0 Å². The molecular weight excluding hydrogens is 258 g/mol. The van der Waals surface area contributed by atoms with Gasteiger partial charge in [-0.2, -0.15) is 12.7 Å². The van der Waals surface area contributed by atoms with Gasteiger partial charge in [-0.1, -0.05) is 0 Å². The van der Waals surface area contributed by atoms with Crippen LogP contribution in [0.25, 0.3) is 0 Å². The van der Waals surface area contributed by atoms with Crippen LogP contribution >= 0.6 is 0 Å². The number of hydrogen-bond acceptors (Lipinski definition) is 5. The number of morpholine rings is 2. The summed E-state index contributed by atoms with van der Waals surface area (Å²) in [5.41, 5.74) is 0. The third-order valence-corrected chi connectivity index (χ3v) is 4.74. The molecule has 7 nitrogen and oxygen atoms in total. The summed E-state index contributed by atoms with van der Waals surface area (Å²) in [6.07, 6.45) is 0. The maximum absolute atomic E-state index is 11.9. The molecule has 0 atom stereocenters. The lowest BCUT2D eigenvalue weighted by Gasteiger charge is -2.28. The van der Waals surface area contributed by atoms with E-state index in [2.05, 4.69) is 9.62 Å². The molecule has 0 aromatic rings. The molecule has 0 bridgehead atoms. The highest BCUT2D eigenvalue weighted by molar-refractivity contribution is 7.87. The molecule has 2 fully saturated rings. The predicted octanol–water partition coefficient (Wildman–Crippen LogP) is -1.51. The van der Waals surface area contributed by atoms with Crippen molar-refractivity contribution in [2.75, 3.05) is 65.7 Å². The number of rotatable bonds is 5. The average Bonchev–Trinajstić information content (AvgIpc) is 2.41. The smallest absolute Gasteiger partial charge is 0.279 e. The SMILES string of the molecule is O=S(=O)(NCCN1CCOCC1)N1CCOCC1. The van der Waals surface area contributed by atoms with Crippen molar-refractivity contribution in [1.82, 2.24) is 13.9 Å². The van der Waals surface area contributed by atoms with Crippen molar-refractivity contribution < 1.29 is 17.9 Å². The molecule has 2 rings (SSSR count). The Labute approximate surface area is 108 Å². The van der Waals surface area contributed by atoms with Crippen LogP contribution in [-0.2, 0) is 19.7 Å². The van der Waals surface area contributed by atoms with Crippen LogP contribution in [0.2, 0.25) is 0 Å². The fourth-order valence-corrected chi connectivity index (χ4v) is 3.20. The third-order valence-electron chi connectivity index (χ3n) is 3.13. The standard InChI is InChI=1S/C10H21N3O4S/c14-18(15,13-5-9-17-10-6-13)11-1-2-12-3-7-16-8-4-12/h11H,1-10H2. The van der Waals surface area contributed by atoms with E-state index in [1.807, 2.05) is 0 Å². The van der Waals surface area contributed by atoms with Crippen LogP contribution < -0.4 is 4.72 Å². The lowest BCUT2D eigenvalue weighted by Crippen LogP contribution is -2.48. The summed E-state index contributed by atoms with van der Waals surface area (Å²) in [5.74, 6) is 0. The van der Waals surface area contributed by atoms with E-state index in [-0.39, 0.29) is 0 Å². The molecular formula is C10H21N3O4S. The van der Waals surface area contributed by atoms with Crippen molar-refractivity contribution >= 4 is 10.2 Å². The molecule has 0 unspecified atom stereocenters. The van der Waals surface area contributed by atoms with Crippen LogP contribution in [-0.4, -0.2) is 83.3 Å². The zero-order chi connectivity index (χ0) is 12.8. The summed E-state index contributed by atoms with van der Waals surface area (Å²) in [4.78, 5) is 2.20. The molecule has 0 aromatic heterocycles. The molecule has 0 aromatic carbocycles. The topological polar surface area (TPSA) is 71.1 Å². The van der Waals surface area contributed by atoms with Crippen molar-refractivity contribution in [1.29, 1.82) is 0 Å². The molecule has 1 N–H and O–H groups in total. The first-order valence-corrected chi connectivity index (χ1v) is 7.75. The Morgan fingerprint density at radius 2 is 1.50 bits per heavy atom. The molecule has 0 spiro atoms. The molecule has 0 aliphatic carbocycles. The van der Waals surface area contributed by atoms with E-state index >= 15 is 0 Å². The first-order chi connectivity index (χ1) is 8.68. The number of ether oxygens (including phenoxy) is 2. The minimum Gasteiger partial charge on any atom is -0.379 e. The summed E-state index contributed by atoms with van der Waals surface area (Å²) >= 11 is 0. The first kappa shape index (κ1) is 14.2. The van der Waals surface area contributed by atoms with E-state index in [0.29, 0.717) is 32.8 Å². The number of nitrogens with one attached hydrogen (secondary N) is 1. The maximum atomic E-state index is 11.9. The Kier molecular flexibility index (Phi) is 5.34. The highest BCUT2D eigenvalue weighted by atomic mass is 32.2. The van der Waals surface area contributed by atoms with Gasteiger partial charge in [-0.15, -0.1) is 0 Å². The quantitative estimate of drug-likeness (QED) is 0.662. The summed E-state index contributed by atoms with van der Waals surface area (Å²) in [6.45, 7) is 6.21. The van der Waals surface area contributed by atoms with Crippen molar-refractivity contribution in [2.45, 2.75) is 0 Å². The van der Waals surface area contributed by atoms with E-state index in [1.54, 1.807) is 0 Å². The van der Waals surface area contributed by atoms with Gasteiger partial charge in [0.2, 0.25) is 0 Å². The van der Waals surface area contributed by atoms with Crippen molar-refractivity contribution in [2.24, 2.45) is 0 Å². The zero-order valence-electron chi connectivity index (χ0n) is 10.5. The Morgan fingerprint density at radius 3 is 2.11 bits per heavy atom. The van der Waals surface area contributed by atoms with Crippen molar-refractivity contribution in [3.05, 3.63) is 0 Å². The van der Waals surface area contributed by atoms with Crippen LogP contribution in [0, 0.1) is 0 Å². The van der Waals surface area contributed by atoms with Gasteiger partial charge in [0.05, 0.1) is 26.4 Å². The van der Waals surface area contributed by atoms with Gasteiger partial charge in [0.25, 0.3) is 10.2 Å². The average molecular weight is 279 g/mol. The van der Waals surface area contributed by atoms with E-state index in [4.69, 9.17) is 9.47 Å². The molecule has 18 heavy (non-hydrogen) atoms. The van der Waals surface area contributed by atoms with Gasteiger partial charge in [-0.05, 0) is 0 Å². The van der Waals surface area contributed by atoms with Crippen LogP contribution in [0.3, 0.4) is 0 Å². The molecule has 8 heteroatoms. The molecule has 2 aliphatic rings. The van der Waals surface area contributed by atoms with Gasteiger partial charge >= 0.3 is 0 Å². The van der Waals surface area contributed by atoms with Gasteiger partial charge in [0, 0.05) is 39.3 Å². The minimum absolute atomic E-state index is 0.437. The minimum atomic E-state index is -3.34. The summed E-state index contributed by atoms with van der Waals surface area (Å²) in [6, 6.07) is 0. The second-order valence-electron chi connectivity index (χ2n) is 4.36. The largest absolute Gasteiger partial charge is 0.379 e. The number of nitrogens with zero attached hydrogens (tertiary/aromatic N) is 2. The van der Waals surface area contributed by atoms with Crippen molar-refractivity contribution in [3.63, 3.8) is 0 Å². The maximum Gasteiger partial charge on any atom is 0.279 e. The molecule has 2 aliphatic heterocycles. The highest BCUT2D eigenvalue weighted by Crippen LogP contribution is 2.02. The third kappa shape index (κ3) is 4.15. The van der Waals surface area contributed by atoms with E-state index in [0.717, 1.165) is 32.8 Å². The number of hydrogen-bond donors (Lipinski definition) is 1. The van der Waals surface area contributed by atoms with E-state index in [1.165, 1.54) is 4.31 Å². The Morgan fingerprint density at radius 1 is 0.944 bits per heavy atom. The molecule has 0 radical (unpaired) electrons. The highest BCUT2D eigenvalue weighted by Gasteiger charge is 2.23. The van der Waals surface area contributed by atoms with Crippen LogP contribution in [0.4, 0.5) is 0 Å². The molecule has 106 valence electrons. The monoisotopic (exact) mass is 279 g/mol. The zero-order valence-corrected chi connectivity index (χ0v) is 11.3. The van der Waals surface area contributed by atoms with Crippen molar-refractivity contribution in [3.8, 4) is 0 Å². The summed E-state index contributed by atoms with van der Waals surface area (Å²) in [7, 11) is -3.34. The van der Waals surface area contributed by atoms with E-state index in [9.17, 15) is 8.42 Å². The lowest BCUT2D eigenvalue weighted by molar-refractivity contribution is 0.0388.